The molecule has 0 unspecified atom stereocenters. The van der Waals surface area contributed by atoms with Gasteiger partial charge in [-0.3, -0.25) is 0 Å². The van der Waals surface area contributed by atoms with Crippen LogP contribution in [-0.4, -0.2) is 0 Å². The second-order valence-electron chi connectivity index (χ2n) is 3.31. The molecular formula is C14H16Cr-6. The Hall–Kier alpha value is -0.248. The third-order valence-corrected chi connectivity index (χ3v) is 1.88. The molecule has 0 heterocycles. The first-order valence-electron chi connectivity index (χ1n) is 4.82. The molecule has 0 aliphatic heterocycles. The summed E-state index contributed by atoms with van der Waals surface area (Å²) in [5.41, 5.74) is 1.32. The fourth-order valence-electron chi connectivity index (χ4n) is 1.07. The van der Waals surface area contributed by atoms with E-state index in [0.717, 1.165) is 0 Å². The normalized spacial score (nSPS) is 15.9. The summed E-state index contributed by atoms with van der Waals surface area (Å²) < 4.78 is 0. The molecule has 1 heteroatoms. The van der Waals surface area contributed by atoms with Crippen LogP contribution in [0.4, 0.5) is 0 Å². The van der Waals surface area contributed by atoms with Crippen LogP contribution in [-0.2, 0) is 17.4 Å². The molecule has 0 N–H and O–H groups in total. The zero-order valence-corrected chi connectivity index (χ0v) is 10.5. The molecule has 1 aliphatic carbocycles. The van der Waals surface area contributed by atoms with E-state index in [4.69, 9.17) is 0 Å². The molecule has 0 atom stereocenters. The summed E-state index contributed by atoms with van der Waals surface area (Å²) in [6, 6.07) is 10.3. The van der Waals surface area contributed by atoms with Gasteiger partial charge in [-0.25, -0.2) is 6.92 Å². The van der Waals surface area contributed by atoms with Gasteiger partial charge in [0.15, 0.2) is 0 Å². The van der Waals surface area contributed by atoms with Crippen molar-refractivity contribution in [3.63, 3.8) is 0 Å². The maximum Gasteiger partial charge on any atom is 0 e. The first-order chi connectivity index (χ1) is 6.79. The third kappa shape index (κ3) is 7.65. The van der Waals surface area contributed by atoms with Crippen molar-refractivity contribution >= 4 is 0 Å². The SMILES string of the molecule is C[C-]1[CH-][CH-][CH-][CH-][CH-]1.Cc1ccccc1.[Cr]. The first-order valence-corrected chi connectivity index (χ1v) is 4.82. The van der Waals surface area contributed by atoms with Crippen LogP contribution >= 0.6 is 0 Å². The fraction of sp³-hybridized carbons (Fsp3) is 0.143. The summed E-state index contributed by atoms with van der Waals surface area (Å²) >= 11 is 0. The predicted octanol–water partition coefficient (Wildman–Crippen LogP) is 3.61. The van der Waals surface area contributed by atoms with Crippen LogP contribution < -0.4 is 0 Å². The molecule has 0 saturated heterocycles. The van der Waals surface area contributed by atoms with E-state index in [1.165, 1.54) is 11.5 Å². The molecule has 0 radical (unpaired) electrons. The number of rotatable bonds is 0. The number of hydrogen-bond acceptors (Lipinski definition) is 0. The largest absolute Gasteiger partial charge is 0.726 e. The van der Waals surface area contributed by atoms with E-state index in [-0.39, 0.29) is 17.4 Å². The van der Waals surface area contributed by atoms with Crippen molar-refractivity contribution in [2.75, 3.05) is 0 Å². The fourth-order valence-corrected chi connectivity index (χ4v) is 1.07. The van der Waals surface area contributed by atoms with E-state index in [1.54, 1.807) is 0 Å². The van der Waals surface area contributed by atoms with Gasteiger partial charge in [-0.05, 0) is 6.92 Å². The van der Waals surface area contributed by atoms with E-state index < -0.39 is 0 Å². The van der Waals surface area contributed by atoms with E-state index >= 15 is 0 Å². The second kappa shape index (κ2) is 9.01. The molecule has 84 valence electrons. The monoisotopic (exact) mass is 236 g/mol. The van der Waals surface area contributed by atoms with Gasteiger partial charge >= 0.3 is 0 Å². The average molecular weight is 236 g/mol. The van der Waals surface area contributed by atoms with Gasteiger partial charge < -0.3 is 38.0 Å². The molecule has 0 nitrogen and oxygen atoms in total. The van der Waals surface area contributed by atoms with Gasteiger partial charge in [-0.15, -0.1) is 0 Å². The standard InChI is InChI=1S/2C7H8.Cr/c2*1-7-5-3-2-4-6-7;/h2*2-6H,1H3;/q;-6;. The van der Waals surface area contributed by atoms with Gasteiger partial charge in [0.05, 0.1) is 0 Å². The molecule has 1 aliphatic rings. The molecule has 1 fully saturated rings. The Morgan fingerprint density at radius 3 is 1.73 bits per heavy atom. The van der Waals surface area contributed by atoms with Gasteiger partial charge in [0.25, 0.3) is 0 Å². The number of hydrogen-bond donors (Lipinski definition) is 0. The van der Waals surface area contributed by atoms with E-state index in [1.807, 2.05) is 37.5 Å². The average Bonchev–Trinajstić information content (AvgIpc) is 2.21. The van der Waals surface area contributed by atoms with E-state index in [9.17, 15) is 0 Å². The zero-order chi connectivity index (χ0) is 10.2. The van der Waals surface area contributed by atoms with Gasteiger partial charge in [-0.2, -0.15) is 0 Å². The topological polar surface area (TPSA) is 0 Å². The van der Waals surface area contributed by atoms with Crippen molar-refractivity contribution in [2.24, 2.45) is 0 Å². The van der Waals surface area contributed by atoms with Crippen LogP contribution in [0.2, 0.25) is 0 Å². The van der Waals surface area contributed by atoms with Crippen LogP contribution in [0.3, 0.4) is 0 Å². The van der Waals surface area contributed by atoms with Crippen LogP contribution in [0.5, 0.6) is 0 Å². The maximum atomic E-state index is 2.08. The minimum atomic E-state index is 0. The molecule has 0 bridgehead atoms. The molecule has 0 amide bonds. The quantitative estimate of drug-likeness (QED) is 0.604. The minimum absolute atomic E-state index is 0. The van der Waals surface area contributed by atoms with Gasteiger partial charge in [0.2, 0.25) is 0 Å². The van der Waals surface area contributed by atoms with Crippen LogP contribution in [0.1, 0.15) is 12.5 Å². The van der Waals surface area contributed by atoms with Gasteiger partial charge in [-0.1, -0.05) is 35.9 Å². The first kappa shape index (κ1) is 14.8. The van der Waals surface area contributed by atoms with Crippen molar-refractivity contribution in [3.05, 3.63) is 73.9 Å². The Labute approximate surface area is 105 Å². The summed E-state index contributed by atoms with van der Waals surface area (Å²) in [7, 11) is 0. The molecule has 0 aromatic heterocycles. The van der Waals surface area contributed by atoms with Crippen molar-refractivity contribution in [2.45, 2.75) is 13.8 Å². The Balaban J connectivity index is 0.000000245. The second-order valence-corrected chi connectivity index (χ2v) is 3.31. The van der Waals surface area contributed by atoms with Crippen LogP contribution in [0.15, 0.2) is 30.3 Å². The molecular weight excluding hydrogens is 220 g/mol. The summed E-state index contributed by atoms with van der Waals surface area (Å²) in [5.74, 6) is 1.32. The molecule has 1 aromatic carbocycles. The van der Waals surface area contributed by atoms with Crippen LogP contribution in [0, 0.1) is 44.9 Å². The molecule has 2 rings (SSSR count). The Morgan fingerprint density at radius 2 is 1.47 bits per heavy atom. The van der Waals surface area contributed by atoms with Crippen molar-refractivity contribution in [3.8, 4) is 0 Å². The summed E-state index contributed by atoms with van der Waals surface area (Å²) in [4.78, 5) is 0. The zero-order valence-electron chi connectivity index (χ0n) is 9.18. The molecule has 15 heavy (non-hydrogen) atoms. The Kier molecular flexibility index (Phi) is 8.86. The Morgan fingerprint density at radius 1 is 0.933 bits per heavy atom. The van der Waals surface area contributed by atoms with Crippen LogP contribution in [0.25, 0.3) is 0 Å². The summed E-state index contributed by atoms with van der Waals surface area (Å²) in [6.07, 6.45) is 10.3. The predicted molar refractivity (Wildman–Crippen MR) is 61.6 cm³/mol. The van der Waals surface area contributed by atoms with Gasteiger partial charge in [0, 0.05) is 17.4 Å². The van der Waals surface area contributed by atoms with Crippen molar-refractivity contribution in [1.29, 1.82) is 0 Å². The van der Waals surface area contributed by atoms with Crippen molar-refractivity contribution in [1.82, 2.24) is 0 Å². The van der Waals surface area contributed by atoms with Gasteiger partial charge in [0.1, 0.15) is 0 Å². The Bertz CT molecular complexity index is 224. The third-order valence-electron chi connectivity index (χ3n) is 1.88. The summed E-state index contributed by atoms with van der Waals surface area (Å²) in [5, 5.41) is 0. The number of aryl methyl sites for hydroxylation is 1. The van der Waals surface area contributed by atoms with E-state index in [0.29, 0.717) is 0 Å². The maximum absolute atomic E-state index is 2.08. The minimum Gasteiger partial charge on any atom is -0.726 e. The summed E-state index contributed by atoms with van der Waals surface area (Å²) in [6.45, 7) is 4.17. The molecule has 1 aromatic rings. The molecule has 1 saturated carbocycles. The van der Waals surface area contributed by atoms with E-state index in [2.05, 4.69) is 38.8 Å². The molecule has 0 spiro atoms. The smallest absolute Gasteiger partial charge is 0 e. The number of benzene rings is 1. The van der Waals surface area contributed by atoms with Crippen molar-refractivity contribution < 1.29 is 17.4 Å².